The van der Waals surface area contributed by atoms with E-state index in [9.17, 15) is 0 Å². The monoisotopic (exact) mass is 485 g/mol. The molecule has 0 aliphatic heterocycles. The highest BCUT2D eigenvalue weighted by Gasteiger charge is 2.10. The van der Waals surface area contributed by atoms with Crippen molar-refractivity contribution in [2.24, 2.45) is 0 Å². The Morgan fingerprint density at radius 3 is 2.47 bits per heavy atom. The SMILES string of the molecule is Clc1cccc(Cl)c1COc1ccccc1CNCCSc1nnnn1-c1ccccc1. The Labute approximate surface area is 200 Å². The summed E-state index contributed by atoms with van der Waals surface area (Å²) in [5.74, 6) is 1.63. The second kappa shape index (κ2) is 11.3. The highest BCUT2D eigenvalue weighted by molar-refractivity contribution is 7.99. The van der Waals surface area contributed by atoms with Crippen molar-refractivity contribution < 1.29 is 4.74 Å². The van der Waals surface area contributed by atoms with E-state index in [0.29, 0.717) is 23.2 Å². The molecule has 0 radical (unpaired) electrons. The second-order valence-electron chi connectivity index (χ2n) is 6.83. The molecule has 4 rings (SSSR count). The van der Waals surface area contributed by atoms with E-state index in [4.69, 9.17) is 27.9 Å². The van der Waals surface area contributed by atoms with Crippen LogP contribution >= 0.6 is 35.0 Å². The van der Waals surface area contributed by atoms with Gasteiger partial charge in [0.15, 0.2) is 0 Å². The molecule has 32 heavy (non-hydrogen) atoms. The number of aromatic nitrogens is 4. The summed E-state index contributed by atoms with van der Waals surface area (Å²) >= 11 is 14.1. The van der Waals surface area contributed by atoms with Crippen molar-refractivity contribution in [1.82, 2.24) is 25.5 Å². The molecule has 0 spiro atoms. The van der Waals surface area contributed by atoms with E-state index in [-0.39, 0.29) is 0 Å². The van der Waals surface area contributed by atoms with Gasteiger partial charge in [-0.15, -0.1) is 5.10 Å². The Hall–Kier alpha value is -2.58. The number of hydrogen-bond donors (Lipinski definition) is 1. The molecule has 0 aliphatic carbocycles. The predicted molar refractivity (Wildman–Crippen MR) is 129 cm³/mol. The average molecular weight is 486 g/mol. The van der Waals surface area contributed by atoms with Crippen molar-refractivity contribution in [3.63, 3.8) is 0 Å². The predicted octanol–water partition coefficient (Wildman–Crippen LogP) is 5.43. The molecule has 4 aromatic rings. The first-order valence-electron chi connectivity index (χ1n) is 10.0. The van der Waals surface area contributed by atoms with Crippen molar-refractivity contribution in [3.8, 4) is 11.4 Å². The lowest BCUT2D eigenvalue weighted by Gasteiger charge is -2.13. The van der Waals surface area contributed by atoms with E-state index < -0.39 is 0 Å². The van der Waals surface area contributed by atoms with Crippen molar-refractivity contribution in [1.29, 1.82) is 0 Å². The molecular weight excluding hydrogens is 465 g/mol. The molecule has 0 bridgehead atoms. The number of ether oxygens (including phenoxy) is 1. The van der Waals surface area contributed by atoms with Crippen LogP contribution in [0.2, 0.25) is 10.0 Å². The van der Waals surface area contributed by atoms with Crippen LogP contribution in [0.1, 0.15) is 11.1 Å². The molecule has 9 heteroatoms. The van der Waals surface area contributed by atoms with Gasteiger partial charge in [-0.05, 0) is 40.8 Å². The third-order valence-electron chi connectivity index (χ3n) is 4.67. The number of thioether (sulfide) groups is 1. The van der Waals surface area contributed by atoms with Gasteiger partial charge >= 0.3 is 0 Å². The Bertz CT molecular complexity index is 1140. The molecule has 0 amide bonds. The number of halogens is 2. The van der Waals surface area contributed by atoms with Crippen molar-refractivity contribution in [2.45, 2.75) is 18.3 Å². The van der Waals surface area contributed by atoms with Gasteiger partial charge in [0.05, 0.1) is 5.69 Å². The van der Waals surface area contributed by atoms with Crippen LogP contribution < -0.4 is 10.1 Å². The molecule has 6 nitrogen and oxygen atoms in total. The molecule has 0 aliphatic rings. The molecule has 1 N–H and O–H groups in total. The summed E-state index contributed by atoms with van der Waals surface area (Å²) in [7, 11) is 0. The minimum Gasteiger partial charge on any atom is -0.488 e. The molecule has 3 aromatic carbocycles. The number of para-hydroxylation sites is 2. The lowest BCUT2D eigenvalue weighted by atomic mass is 10.2. The maximum Gasteiger partial charge on any atom is 0.214 e. The van der Waals surface area contributed by atoms with E-state index >= 15 is 0 Å². The summed E-state index contributed by atoms with van der Waals surface area (Å²) in [6.45, 7) is 1.78. The number of nitrogens with one attached hydrogen (secondary N) is 1. The van der Waals surface area contributed by atoms with E-state index in [1.807, 2.05) is 72.8 Å². The normalized spacial score (nSPS) is 10.9. The molecule has 0 unspecified atom stereocenters. The topological polar surface area (TPSA) is 64.9 Å². The zero-order valence-electron chi connectivity index (χ0n) is 17.1. The van der Waals surface area contributed by atoms with Crippen LogP contribution in [-0.4, -0.2) is 32.5 Å². The fourth-order valence-corrected chi connectivity index (χ4v) is 4.34. The summed E-state index contributed by atoms with van der Waals surface area (Å²) < 4.78 is 7.77. The molecule has 1 heterocycles. The average Bonchev–Trinajstić information content (AvgIpc) is 3.28. The second-order valence-corrected chi connectivity index (χ2v) is 8.71. The molecule has 0 saturated heterocycles. The smallest absolute Gasteiger partial charge is 0.214 e. The summed E-state index contributed by atoms with van der Waals surface area (Å²) in [6.07, 6.45) is 0. The molecule has 164 valence electrons. The Kier molecular flexibility index (Phi) is 8.01. The molecule has 0 fully saturated rings. The van der Waals surface area contributed by atoms with Gasteiger partial charge in [0.25, 0.3) is 0 Å². The first-order valence-corrected chi connectivity index (χ1v) is 11.8. The summed E-state index contributed by atoms with van der Waals surface area (Å²) in [6, 6.07) is 23.2. The van der Waals surface area contributed by atoms with E-state index in [1.165, 1.54) is 0 Å². The van der Waals surface area contributed by atoms with Crippen LogP contribution in [0, 0.1) is 0 Å². The highest BCUT2D eigenvalue weighted by atomic mass is 35.5. The van der Waals surface area contributed by atoms with Gasteiger partial charge in [0.2, 0.25) is 5.16 Å². The quantitative estimate of drug-likeness (QED) is 0.238. The largest absolute Gasteiger partial charge is 0.488 e. The number of hydrogen-bond acceptors (Lipinski definition) is 6. The van der Waals surface area contributed by atoms with Crippen molar-refractivity contribution in [2.75, 3.05) is 12.3 Å². The third-order valence-corrected chi connectivity index (χ3v) is 6.30. The fourth-order valence-electron chi connectivity index (χ4n) is 3.05. The van der Waals surface area contributed by atoms with E-state index in [1.54, 1.807) is 16.4 Å². The Morgan fingerprint density at radius 1 is 0.906 bits per heavy atom. The first-order chi connectivity index (χ1) is 15.7. The highest BCUT2D eigenvalue weighted by Crippen LogP contribution is 2.27. The fraction of sp³-hybridized carbons (Fsp3) is 0.174. The zero-order chi connectivity index (χ0) is 22.2. The van der Waals surface area contributed by atoms with Crippen LogP contribution in [-0.2, 0) is 13.2 Å². The molecule has 1 aromatic heterocycles. The van der Waals surface area contributed by atoms with Gasteiger partial charge < -0.3 is 10.1 Å². The first kappa shape index (κ1) is 22.6. The number of benzene rings is 3. The minimum absolute atomic E-state index is 0.313. The lowest BCUT2D eigenvalue weighted by Crippen LogP contribution is -2.17. The standard InChI is InChI=1S/C23H21Cl2N5OS/c24-20-10-6-11-21(25)19(20)16-31-22-12-5-4-7-17(22)15-26-13-14-32-23-27-28-29-30(23)18-8-2-1-3-9-18/h1-12,26H,13-16H2. The van der Waals surface area contributed by atoms with Crippen molar-refractivity contribution >= 4 is 35.0 Å². The van der Waals surface area contributed by atoms with Crippen LogP contribution in [0.5, 0.6) is 5.75 Å². The van der Waals surface area contributed by atoms with Gasteiger partial charge in [-0.3, -0.25) is 0 Å². The van der Waals surface area contributed by atoms with Crippen LogP contribution in [0.3, 0.4) is 0 Å². The van der Waals surface area contributed by atoms with Gasteiger partial charge in [0, 0.05) is 40.0 Å². The molecule has 0 atom stereocenters. The Morgan fingerprint density at radius 2 is 1.66 bits per heavy atom. The lowest BCUT2D eigenvalue weighted by molar-refractivity contribution is 0.302. The van der Waals surface area contributed by atoms with Gasteiger partial charge in [0.1, 0.15) is 12.4 Å². The number of rotatable bonds is 10. The van der Waals surface area contributed by atoms with E-state index in [0.717, 1.165) is 40.0 Å². The van der Waals surface area contributed by atoms with Gasteiger partial charge in [-0.1, -0.05) is 77.4 Å². The van der Waals surface area contributed by atoms with Gasteiger partial charge in [-0.2, -0.15) is 4.68 Å². The maximum atomic E-state index is 6.25. The van der Waals surface area contributed by atoms with E-state index in [2.05, 4.69) is 20.8 Å². The van der Waals surface area contributed by atoms with Crippen LogP contribution in [0.4, 0.5) is 0 Å². The summed E-state index contributed by atoms with van der Waals surface area (Å²) in [5, 5.41) is 17.4. The Balaban J connectivity index is 1.28. The van der Waals surface area contributed by atoms with Crippen molar-refractivity contribution in [3.05, 3.63) is 94.0 Å². The number of nitrogens with zero attached hydrogens (tertiary/aromatic N) is 4. The third kappa shape index (κ3) is 5.81. The summed E-state index contributed by atoms with van der Waals surface area (Å²) in [5.41, 5.74) is 2.79. The number of tetrazole rings is 1. The maximum absolute atomic E-state index is 6.25. The molecular formula is C23H21Cl2N5OS. The molecule has 0 saturated carbocycles. The zero-order valence-corrected chi connectivity index (χ0v) is 19.4. The summed E-state index contributed by atoms with van der Waals surface area (Å²) in [4.78, 5) is 0. The van der Waals surface area contributed by atoms with Crippen LogP contribution in [0.15, 0.2) is 78.0 Å². The minimum atomic E-state index is 0.313. The van der Waals surface area contributed by atoms with Gasteiger partial charge in [-0.25, -0.2) is 0 Å². The van der Waals surface area contributed by atoms with Crippen LogP contribution in [0.25, 0.3) is 5.69 Å².